The van der Waals surface area contributed by atoms with Crippen molar-refractivity contribution in [3.8, 4) is 0 Å². The second-order valence-corrected chi connectivity index (χ2v) is 3.82. The maximum absolute atomic E-state index is 10.9. The van der Waals surface area contributed by atoms with Crippen LogP contribution in [0, 0.1) is 0 Å². The second kappa shape index (κ2) is 4.18. The Labute approximate surface area is 81.5 Å². The van der Waals surface area contributed by atoms with Gasteiger partial charge in [-0.25, -0.2) is 0 Å². The van der Waals surface area contributed by atoms with Crippen molar-refractivity contribution in [3.63, 3.8) is 0 Å². The molecule has 1 amide bonds. The molecule has 0 aliphatic carbocycles. The molecule has 1 aromatic rings. The number of para-hydroxylation sites is 1. The third-order valence-electron chi connectivity index (χ3n) is 1.63. The van der Waals surface area contributed by atoms with Gasteiger partial charge >= 0.3 is 0 Å². The summed E-state index contributed by atoms with van der Waals surface area (Å²) in [6.45, 7) is 2.03. The van der Waals surface area contributed by atoms with Crippen LogP contribution < -0.4 is 11.5 Å². The predicted octanol–water partition coefficient (Wildman–Crippen LogP) is 1.48. The number of nitrogen functional groups attached to an aromatic ring is 1. The highest BCUT2D eigenvalue weighted by Crippen LogP contribution is 2.27. The molecule has 1 aromatic carbocycles. The quantitative estimate of drug-likeness (QED) is 0.568. The lowest BCUT2D eigenvalue weighted by molar-refractivity contribution is 0.100. The Morgan fingerprint density at radius 3 is 2.77 bits per heavy atom. The van der Waals surface area contributed by atoms with Crippen LogP contribution in [0.1, 0.15) is 17.3 Å². The zero-order valence-corrected chi connectivity index (χ0v) is 8.23. The van der Waals surface area contributed by atoms with E-state index < -0.39 is 5.91 Å². The van der Waals surface area contributed by atoms with Crippen molar-refractivity contribution >= 4 is 23.4 Å². The monoisotopic (exact) mass is 196 g/mol. The molecule has 4 heteroatoms. The standard InChI is InChI=1S/C9H12N2OS/c1-2-13-7-5-3-4-6(8(7)10)9(11)12/h3-5H,2,10H2,1H3,(H2,11,12). The fraction of sp³-hybridized carbons (Fsp3) is 0.222. The van der Waals surface area contributed by atoms with E-state index in [1.807, 2.05) is 13.0 Å². The predicted molar refractivity (Wildman–Crippen MR) is 55.8 cm³/mol. The topological polar surface area (TPSA) is 69.1 Å². The van der Waals surface area contributed by atoms with Gasteiger partial charge < -0.3 is 11.5 Å². The van der Waals surface area contributed by atoms with Crippen molar-refractivity contribution in [3.05, 3.63) is 23.8 Å². The van der Waals surface area contributed by atoms with Gasteiger partial charge in [0.05, 0.1) is 11.3 Å². The van der Waals surface area contributed by atoms with Gasteiger partial charge in [-0.05, 0) is 17.9 Å². The summed E-state index contributed by atoms with van der Waals surface area (Å²) in [7, 11) is 0. The first-order chi connectivity index (χ1) is 6.16. The van der Waals surface area contributed by atoms with Gasteiger partial charge in [0, 0.05) is 4.90 Å². The summed E-state index contributed by atoms with van der Waals surface area (Å²) in [6.07, 6.45) is 0. The summed E-state index contributed by atoms with van der Waals surface area (Å²) >= 11 is 1.60. The van der Waals surface area contributed by atoms with Crippen molar-refractivity contribution in [2.45, 2.75) is 11.8 Å². The largest absolute Gasteiger partial charge is 0.397 e. The van der Waals surface area contributed by atoms with Crippen LogP contribution in [0.2, 0.25) is 0 Å². The van der Waals surface area contributed by atoms with E-state index in [1.165, 1.54) is 0 Å². The molecule has 4 N–H and O–H groups in total. The zero-order chi connectivity index (χ0) is 9.84. The van der Waals surface area contributed by atoms with E-state index in [4.69, 9.17) is 11.5 Å². The van der Waals surface area contributed by atoms with Crippen LogP contribution in [0.15, 0.2) is 23.1 Å². The maximum atomic E-state index is 10.9. The maximum Gasteiger partial charge on any atom is 0.250 e. The Balaban J connectivity index is 3.10. The minimum Gasteiger partial charge on any atom is -0.397 e. The van der Waals surface area contributed by atoms with E-state index in [0.717, 1.165) is 10.6 Å². The molecule has 0 unspecified atom stereocenters. The average molecular weight is 196 g/mol. The minimum absolute atomic E-state index is 0.401. The summed E-state index contributed by atoms with van der Waals surface area (Å²) in [5.74, 6) is 0.447. The molecule has 0 aliphatic rings. The smallest absolute Gasteiger partial charge is 0.250 e. The number of carbonyl (C=O) groups excluding carboxylic acids is 1. The molecule has 0 saturated heterocycles. The first kappa shape index (κ1) is 9.92. The van der Waals surface area contributed by atoms with Gasteiger partial charge in [0.2, 0.25) is 0 Å². The number of rotatable bonds is 3. The Morgan fingerprint density at radius 1 is 1.54 bits per heavy atom. The van der Waals surface area contributed by atoms with E-state index in [9.17, 15) is 4.79 Å². The van der Waals surface area contributed by atoms with Gasteiger partial charge in [0.15, 0.2) is 0 Å². The summed E-state index contributed by atoms with van der Waals surface area (Å²) in [5.41, 5.74) is 11.8. The van der Waals surface area contributed by atoms with Crippen molar-refractivity contribution < 1.29 is 4.79 Å². The number of anilines is 1. The molecule has 0 aliphatic heterocycles. The summed E-state index contributed by atoms with van der Waals surface area (Å²) < 4.78 is 0. The van der Waals surface area contributed by atoms with Crippen molar-refractivity contribution in [2.75, 3.05) is 11.5 Å². The van der Waals surface area contributed by atoms with Crippen LogP contribution in [-0.2, 0) is 0 Å². The summed E-state index contributed by atoms with van der Waals surface area (Å²) in [5, 5.41) is 0. The highest BCUT2D eigenvalue weighted by molar-refractivity contribution is 7.99. The number of amides is 1. The van der Waals surface area contributed by atoms with Crippen LogP contribution in [0.25, 0.3) is 0 Å². The van der Waals surface area contributed by atoms with Crippen LogP contribution in [0.5, 0.6) is 0 Å². The molecule has 0 atom stereocenters. The highest BCUT2D eigenvalue weighted by atomic mass is 32.2. The SMILES string of the molecule is CCSc1cccc(C(N)=O)c1N. The normalized spacial score (nSPS) is 9.92. The van der Waals surface area contributed by atoms with Crippen LogP contribution in [0.3, 0.4) is 0 Å². The fourth-order valence-corrected chi connectivity index (χ4v) is 1.79. The number of hydrogen-bond acceptors (Lipinski definition) is 3. The van der Waals surface area contributed by atoms with E-state index in [2.05, 4.69) is 0 Å². The lowest BCUT2D eigenvalue weighted by Crippen LogP contribution is -2.13. The Bertz CT molecular complexity index is 325. The first-order valence-corrected chi connectivity index (χ1v) is 4.96. The van der Waals surface area contributed by atoms with Gasteiger partial charge in [-0.1, -0.05) is 13.0 Å². The average Bonchev–Trinajstić information content (AvgIpc) is 2.08. The molecule has 0 aromatic heterocycles. The molecular formula is C9H12N2OS. The molecule has 0 bridgehead atoms. The number of hydrogen-bond donors (Lipinski definition) is 2. The molecule has 13 heavy (non-hydrogen) atoms. The van der Waals surface area contributed by atoms with Gasteiger partial charge in [-0.3, -0.25) is 4.79 Å². The van der Waals surface area contributed by atoms with E-state index in [-0.39, 0.29) is 0 Å². The molecule has 70 valence electrons. The third-order valence-corrected chi connectivity index (χ3v) is 2.59. The van der Waals surface area contributed by atoms with Gasteiger partial charge in [-0.2, -0.15) is 0 Å². The lowest BCUT2D eigenvalue weighted by atomic mass is 10.2. The number of nitrogens with two attached hydrogens (primary N) is 2. The number of benzene rings is 1. The van der Waals surface area contributed by atoms with E-state index in [0.29, 0.717) is 11.3 Å². The van der Waals surface area contributed by atoms with Crippen LogP contribution in [-0.4, -0.2) is 11.7 Å². The molecule has 1 rings (SSSR count). The Hall–Kier alpha value is -1.16. The molecule has 0 saturated carbocycles. The molecule has 0 radical (unpaired) electrons. The summed E-state index contributed by atoms with van der Waals surface area (Å²) in [6, 6.07) is 5.31. The number of carbonyl (C=O) groups is 1. The molecule has 0 fully saturated rings. The highest BCUT2D eigenvalue weighted by Gasteiger charge is 2.08. The lowest BCUT2D eigenvalue weighted by Gasteiger charge is -2.06. The van der Waals surface area contributed by atoms with Gasteiger partial charge in [-0.15, -0.1) is 11.8 Å². The van der Waals surface area contributed by atoms with Gasteiger partial charge in [0.1, 0.15) is 0 Å². The van der Waals surface area contributed by atoms with Crippen molar-refractivity contribution in [1.82, 2.24) is 0 Å². The molecular weight excluding hydrogens is 184 g/mol. The van der Waals surface area contributed by atoms with E-state index >= 15 is 0 Å². The molecule has 0 heterocycles. The number of primary amides is 1. The van der Waals surface area contributed by atoms with Crippen LogP contribution in [0.4, 0.5) is 5.69 Å². The number of thioether (sulfide) groups is 1. The molecule has 0 spiro atoms. The second-order valence-electron chi connectivity index (χ2n) is 2.51. The summed E-state index contributed by atoms with van der Waals surface area (Å²) in [4.78, 5) is 11.8. The first-order valence-electron chi connectivity index (χ1n) is 3.98. The van der Waals surface area contributed by atoms with Crippen molar-refractivity contribution in [1.29, 1.82) is 0 Å². The van der Waals surface area contributed by atoms with Crippen LogP contribution >= 0.6 is 11.8 Å². The fourth-order valence-electron chi connectivity index (χ4n) is 1.04. The van der Waals surface area contributed by atoms with Crippen molar-refractivity contribution in [2.24, 2.45) is 5.73 Å². The molecule has 3 nitrogen and oxygen atoms in total. The zero-order valence-electron chi connectivity index (χ0n) is 7.41. The third kappa shape index (κ3) is 2.15. The van der Waals surface area contributed by atoms with E-state index in [1.54, 1.807) is 23.9 Å². The van der Waals surface area contributed by atoms with Gasteiger partial charge in [0.25, 0.3) is 5.91 Å². The Kier molecular flexibility index (Phi) is 3.19. The Morgan fingerprint density at radius 2 is 2.23 bits per heavy atom. The minimum atomic E-state index is -0.476.